The van der Waals surface area contributed by atoms with E-state index in [1.165, 1.54) is 23.8 Å². The van der Waals surface area contributed by atoms with Gasteiger partial charge in [-0.25, -0.2) is 4.79 Å². The number of pyridine rings is 1. The Morgan fingerprint density at radius 2 is 1.70 bits per heavy atom. The molecule has 1 aromatic heterocycles. The summed E-state index contributed by atoms with van der Waals surface area (Å²) >= 11 is 3.41. The molecule has 0 saturated carbocycles. The van der Waals surface area contributed by atoms with E-state index in [2.05, 4.69) is 15.9 Å². The summed E-state index contributed by atoms with van der Waals surface area (Å²) in [4.78, 5) is 26.4. The number of fused-ring (bicyclic) bond motifs is 1. The molecule has 0 saturated heterocycles. The number of alkyl halides is 3. The zero-order chi connectivity index (χ0) is 23.8. The average Bonchev–Trinajstić information content (AvgIpc) is 2.80. The number of carbonyl (C=O) groups excluding carboxylic acids is 1. The summed E-state index contributed by atoms with van der Waals surface area (Å²) in [6, 6.07) is 18.7. The van der Waals surface area contributed by atoms with E-state index in [1.807, 2.05) is 6.07 Å². The summed E-state index contributed by atoms with van der Waals surface area (Å²) in [6.45, 7) is -0.237. The molecule has 0 unspecified atom stereocenters. The highest BCUT2D eigenvalue weighted by molar-refractivity contribution is 9.10. The SMILES string of the molecule is COC(=O)c1c(-c2ccccc2)c2cc(Br)ccc2c(=O)n1Cc1cccc(C(F)(F)F)c1. The number of ether oxygens (including phenoxy) is 1. The second-order valence-corrected chi connectivity index (χ2v) is 8.28. The van der Waals surface area contributed by atoms with Gasteiger partial charge in [-0.1, -0.05) is 58.4 Å². The Morgan fingerprint density at radius 3 is 2.36 bits per heavy atom. The normalized spacial score (nSPS) is 11.5. The minimum absolute atomic E-state index is 0.0308. The van der Waals surface area contributed by atoms with Gasteiger partial charge in [-0.3, -0.25) is 9.36 Å². The number of rotatable bonds is 4. The Kier molecular flexibility index (Phi) is 6.12. The second kappa shape index (κ2) is 8.86. The molecule has 0 atom stereocenters. The largest absolute Gasteiger partial charge is 0.464 e. The summed E-state index contributed by atoms with van der Waals surface area (Å²) in [7, 11) is 1.20. The standard InChI is InChI=1S/C25H17BrF3NO3/c1-33-24(32)22-21(16-7-3-2-4-8-16)20-13-18(26)10-11-19(20)23(31)30(22)14-15-6-5-9-17(12-15)25(27,28)29/h2-13H,14H2,1H3. The predicted octanol–water partition coefficient (Wildman–Crippen LogP) is 6.28. The fourth-order valence-corrected chi connectivity index (χ4v) is 4.17. The smallest absolute Gasteiger partial charge is 0.416 e. The van der Waals surface area contributed by atoms with Crippen molar-refractivity contribution in [1.82, 2.24) is 4.57 Å². The number of carbonyl (C=O) groups is 1. The average molecular weight is 516 g/mol. The van der Waals surface area contributed by atoms with Crippen LogP contribution < -0.4 is 5.56 Å². The number of aromatic nitrogens is 1. The summed E-state index contributed by atoms with van der Waals surface area (Å²) in [5.41, 5.74) is -0.0101. The molecule has 168 valence electrons. The van der Waals surface area contributed by atoms with E-state index < -0.39 is 23.3 Å². The maximum absolute atomic E-state index is 13.5. The quantitative estimate of drug-likeness (QED) is 0.300. The fourth-order valence-electron chi connectivity index (χ4n) is 3.80. The molecule has 0 fully saturated rings. The lowest BCUT2D eigenvalue weighted by molar-refractivity contribution is -0.137. The summed E-state index contributed by atoms with van der Waals surface area (Å²) < 4.78 is 46.6. The first-order valence-corrected chi connectivity index (χ1v) is 10.7. The van der Waals surface area contributed by atoms with Gasteiger partial charge in [0.2, 0.25) is 0 Å². The molecule has 4 rings (SSSR count). The molecule has 3 aromatic carbocycles. The molecule has 0 N–H and O–H groups in total. The molecule has 4 aromatic rings. The van der Waals surface area contributed by atoms with Crippen molar-refractivity contribution in [2.45, 2.75) is 12.7 Å². The molecule has 8 heteroatoms. The van der Waals surface area contributed by atoms with Crippen molar-refractivity contribution in [2.75, 3.05) is 7.11 Å². The molecule has 0 aliphatic rings. The van der Waals surface area contributed by atoms with Crippen LogP contribution in [0.4, 0.5) is 13.2 Å². The van der Waals surface area contributed by atoms with Crippen molar-refractivity contribution in [3.8, 4) is 11.1 Å². The van der Waals surface area contributed by atoms with Crippen molar-refractivity contribution < 1.29 is 22.7 Å². The molecule has 0 bridgehead atoms. The number of hydrogen-bond acceptors (Lipinski definition) is 3. The van der Waals surface area contributed by atoms with Crippen molar-refractivity contribution in [1.29, 1.82) is 0 Å². The Morgan fingerprint density at radius 1 is 0.970 bits per heavy atom. The fraction of sp³-hybridized carbons (Fsp3) is 0.120. The van der Waals surface area contributed by atoms with Gasteiger partial charge in [-0.15, -0.1) is 0 Å². The van der Waals surface area contributed by atoms with Crippen LogP contribution in [-0.4, -0.2) is 17.6 Å². The lowest BCUT2D eigenvalue weighted by atomic mass is 9.96. The van der Waals surface area contributed by atoms with E-state index in [4.69, 9.17) is 4.74 Å². The van der Waals surface area contributed by atoms with E-state index in [1.54, 1.807) is 42.5 Å². The zero-order valence-corrected chi connectivity index (χ0v) is 18.9. The second-order valence-electron chi connectivity index (χ2n) is 7.36. The molecule has 0 aliphatic heterocycles. The van der Waals surface area contributed by atoms with Crippen LogP contribution in [0.2, 0.25) is 0 Å². The van der Waals surface area contributed by atoms with Crippen LogP contribution in [0.3, 0.4) is 0 Å². The molecular weight excluding hydrogens is 499 g/mol. The van der Waals surface area contributed by atoms with Gasteiger partial charge in [0.1, 0.15) is 5.69 Å². The molecule has 0 spiro atoms. The third-order valence-corrected chi connectivity index (χ3v) is 5.76. The van der Waals surface area contributed by atoms with Gasteiger partial charge in [0.25, 0.3) is 5.56 Å². The number of hydrogen-bond donors (Lipinski definition) is 0. The number of halogens is 4. The Hall–Kier alpha value is -3.39. The highest BCUT2D eigenvalue weighted by Crippen LogP contribution is 2.34. The first kappa shape index (κ1) is 22.8. The van der Waals surface area contributed by atoms with Gasteiger partial charge in [-0.05, 0) is 46.8 Å². The van der Waals surface area contributed by atoms with Crippen LogP contribution in [-0.2, 0) is 17.5 Å². The lowest BCUT2D eigenvalue weighted by Gasteiger charge is -2.19. The van der Waals surface area contributed by atoms with Gasteiger partial charge in [-0.2, -0.15) is 13.2 Å². The van der Waals surface area contributed by atoms with Crippen LogP contribution in [0.5, 0.6) is 0 Å². The predicted molar refractivity (Wildman–Crippen MR) is 123 cm³/mol. The number of esters is 1. The molecule has 33 heavy (non-hydrogen) atoms. The summed E-state index contributed by atoms with van der Waals surface area (Å²) in [5.74, 6) is -0.764. The lowest BCUT2D eigenvalue weighted by Crippen LogP contribution is -2.28. The number of nitrogens with zero attached hydrogens (tertiary/aromatic N) is 1. The van der Waals surface area contributed by atoms with E-state index >= 15 is 0 Å². The molecule has 0 aliphatic carbocycles. The minimum atomic E-state index is -4.53. The van der Waals surface area contributed by atoms with E-state index in [0.29, 0.717) is 26.4 Å². The Balaban J connectivity index is 2.06. The van der Waals surface area contributed by atoms with Gasteiger partial charge >= 0.3 is 12.1 Å². The Labute approximate surface area is 195 Å². The molecular formula is C25H17BrF3NO3. The highest BCUT2D eigenvalue weighted by atomic mass is 79.9. The molecule has 0 radical (unpaired) electrons. The van der Waals surface area contributed by atoms with Crippen molar-refractivity contribution in [3.63, 3.8) is 0 Å². The van der Waals surface area contributed by atoms with Gasteiger partial charge in [0, 0.05) is 15.4 Å². The van der Waals surface area contributed by atoms with E-state index in [0.717, 1.165) is 12.1 Å². The topological polar surface area (TPSA) is 48.3 Å². The summed E-state index contributed by atoms with van der Waals surface area (Å²) in [5, 5.41) is 0.859. The molecule has 4 nitrogen and oxygen atoms in total. The van der Waals surface area contributed by atoms with E-state index in [9.17, 15) is 22.8 Å². The van der Waals surface area contributed by atoms with Crippen molar-refractivity contribution in [3.05, 3.63) is 104 Å². The third kappa shape index (κ3) is 4.43. The third-order valence-electron chi connectivity index (χ3n) is 5.27. The monoisotopic (exact) mass is 515 g/mol. The van der Waals surface area contributed by atoms with Gasteiger partial charge in [0.05, 0.1) is 19.2 Å². The molecule has 0 amide bonds. The van der Waals surface area contributed by atoms with Crippen LogP contribution >= 0.6 is 15.9 Å². The number of methoxy groups -OCH3 is 1. The van der Waals surface area contributed by atoms with Crippen LogP contribution in [0.1, 0.15) is 21.6 Å². The minimum Gasteiger partial charge on any atom is -0.464 e. The summed E-state index contributed by atoms with van der Waals surface area (Å²) in [6.07, 6.45) is -4.53. The van der Waals surface area contributed by atoms with Crippen molar-refractivity contribution >= 4 is 32.7 Å². The first-order valence-electron chi connectivity index (χ1n) is 9.86. The maximum atomic E-state index is 13.5. The van der Waals surface area contributed by atoms with Crippen LogP contribution in [0, 0.1) is 0 Å². The Bertz CT molecular complexity index is 1410. The van der Waals surface area contributed by atoms with Crippen LogP contribution in [0.15, 0.2) is 82.1 Å². The first-order chi connectivity index (χ1) is 15.7. The van der Waals surface area contributed by atoms with Gasteiger partial charge < -0.3 is 4.74 Å². The maximum Gasteiger partial charge on any atom is 0.416 e. The molecule has 1 heterocycles. The highest BCUT2D eigenvalue weighted by Gasteiger charge is 2.31. The van der Waals surface area contributed by atoms with Crippen LogP contribution in [0.25, 0.3) is 21.9 Å². The van der Waals surface area contributed by atoms with Crippen molar-refractivity contribution in [2.24, 2.45) is 0 Å². The van der Waals surface area contributed by atoms with Gasteiger partial charge in [0.15, 0.2) is 0 Å². The zero-order valence-electron chi connectivity index (χ0n) is 17.3. The van der Waals surface area contributed by atoms with E-state index in [-0.39, 0.29) is 17.8 Å². The number of benzene rings is 3.